The molecule has 0 aliphatic rings. The van der Waals surface area contributed by atoms with Gasteiger partial charge in [0, 0.05) is 0 Å². The first-order chi connectivity index (χ1) is 10.6. The summed E-state index contributed by atoms with van der Waals surface area (Å²) >= 11 is 0. The lowest BCUT2D eigenvalue weighted by molar-refractivity contribution is 0.230. The molecule has 116 valence electrons. The van der Waals surface area contributed by atoms with Gasteiger partial charge in [-0.2, -0.15) is 0 Å². The van der Waals surface area contributed by atoms with Gasteiger partial charge < -0.3 is 9.05 Å². The lowest BCUT2D eigenvalue weighted by atomic mass is 10.0. The second kappa shape index (κ2) is 7.55. The minimum absolute atomic E-state index is 0.318. The van der Waals surface area contributed by atoms with Gasteiger partial charge in [-0.25, -0.2) is 0 Å². The Kier molecular flexibility index (Phi) is 5.73. The molecule has 0 fully saturated rings. The van der Waals surface area contributed by atoms with E-state index in [4.69, 9.17) is 9.05 Å². The summed E-state index contributed by atoms with van der Waals surface area (Å²) in [6.45, 7) is 8.14. The van der Waals surface area contributed by atoms with Gasteiger partial charge in [0.25, 0.3) is 0 Å². The van der Waals surface area contributed by atoms with Crippen molar-refractivity contribution in [1.29, 1.82) is 0 Å². The third-order valence-electron chi connectivity index (χ3n) is 3.25. The van der Waals surface area contributed by atoms with Crippen LogP contribution in [-0.4, -0.2) is 13.2 Å². The summed E-state index contributed by atoms with van der Waals surface area (Å²) in [5.74, 6) is 0. The number of rotatable bonds is 7. The van der Waals surface area contributed by atoms with Crippen LogP contribution < -0.4 is 0 Å². The molecule has 2 rings (SSSR count). The van der Waals surface area contributed by atoms with E-state index in [9.17, 15) is 4.57 Å². The van der Waals surface area contributed by atoms with E-state index in [1.54, 1.807) is 13.8 Å². The van der Waals surface area contributed by atoms with Crippen LogP contribution in [0.15, 0.2) is 61.2 Å². The first-order valence-electron chi connectivity index (χ1n) is 7.35. The van der Waals surface area contributed by atoms with Crippen molar-refractivity contribution in [3.63, 3.8) is 0 Å². The van der Waals surface area contributed by atoms with Crippen LogP contribution in [0.5, 0.6) is 0 Å². The average molecular weight is 316 g/mol. The molecule has 0 bridgehead atoms. The normalized spacial score (nSPS) is 11.4. The molecular weight excluding hydrogens is 295 g/mol. The summed E-state index contributed by atoms with van der Waals surface area (Å²) in [6.07, 6.45) is 0. The highest BCUT2D eigenvalue weighted by molar-refractivity contribution is 7.65. The summed E-state index contributed by atoms with van der Waals surface area (Å²) in [4.78, 5) is 0. The number of hydrogen-bond acceptors (Lipinski definition) is 3. The third kappa shape index (κ3) is 3.75. The smallest absolute Gasteiger partial charge is 0.305 e. The molecule has 22 heavy (non-hydrogen) atoms. The van der Waals surface area contributed by atoms with Crippen LogP contribution in [0.3, 0.4) is 0 Å². The van der Waals surface area contributed by atoms with Gasteiger partial charge in [-0.3, -0.25) is 4.57 Å². The Labute approximate surface area is 132 Å². The van der Waals surface area contributed by atoms with Crippen molar-refractivity contribution in [1.82, 2.24) is 0 Å². The van der Waals surface area contributed by atoms with E-state index in [-0.39, 0.29) is 0 Å². The van der Waals surface area contributed by atoms with E-state index >= 15 is 0 Å². The molecule has 3 nitrogen and oxygen atoms in total. The molecule has 0 atom stereocenters. The van der Waals surface area contributed by atoms with Crippen LogP contribution in [0.25, 0.3) is 16.4 Å². The second-order valence-electron chi connectivity index (χ2n) is 4.72. The van der Waals surface area contributed by atoms with Gasteiger partial charge >= 0.3 is 7.60 Å². The van der Waals surface area contributed by atoms with E-state index in [0.29, 0.717) is 18.5 Å². The Hall–Kier alpha value is -1.67. The van der Waals surface area contributed by atoms with E-state index in [1.807, 2.05) is 42.5 Å². The van der Waals surface area contributed by atoms with Crippen LogP contribution in [0.4, 0.5) is 0 Å². The maximum Gasteiger partial charge on any atom is 0.361 e. The maximum absolute atomic E-state index is 12.7. The largest absolute Gasteiger partial charge is 0.361 e. The van der Waals surface area contributed by atoms with Crippen molar-refractivity contribution in [2.24, 2.45) is 0 Å². The summed E-state index contributed by atoms with van der Waals surface area (Å²) in [5.41, 5.74) is 3.00. The molecule has 0 saturated heterocycles. The monoisotopic (exact) mass is 316 g/mol. The molecule has 0 saturated carbocycles. The first kappa shape index (κ1) is 16.7. The summed E-state index contributed by atoms with van der Waals surface area (Å²) < 4.78 is 23.4. The molecule has 2 aromatic rings. The van der Waals surface area contributed by atoms with E-state index in [0.717, 1.165) is 16.7 Å². The Morgan fingerprint density at radius 1 is 0.909 bits per heavy atom. The molecule has 0 amide bonds. The molecular formula is C18H21O3P. The SMILES string of the molecule is C=C(c1ccc(-c2ccccc2)cc1)P(=O)(OCC)OCC. The topological polar surface area (TPSA) is 35.5 Å². The Bertz CT molecular complexity index is 652. The van der Waals surface area contributed by atoms with Crippen molar-refractivity contribution in [2.45, 2.75) is 13.8 Å². The summed E-state index contributed by atoms with van der Waals surface area (Å²) in [6, 6.07) is 17.9. The fourth-order valence-corrected chi connectivity index (χ4v) is 3.71. The Morgan fingerprint density at radius 2 is 1.41 bits per heavy atom. The van der Waals surface area contributed by atoms with Crippen molar-refractivity contribution in [3.8, 4) is 11.1 Å². The van der Waals surface area contributed by atoms with Crippen molar-refractivity contribution < 1.29 is 13.6 Å². The highest BCUT2D eigenvalue weighted by Crippen LogP contribution is 2.59. The van der Waals surface area contributed by atoms with Crippen LogP contribution >= 0.6 is 7.60 Å². The third-order valence-corrected chi connectivity index (χ3v) is 5.37. The maximum atomic E-state index is 12.7. The minimum Gasteiger partial charge on any atom is -0.305 e. The van der Waals surface area contributed by atoms with Crippen molar-refractivity contribution in [3.05, 3.63) is 66.7 Å². The number of benzene rings is 2. The molecule has 0 spiro atoms. The zero-order valence-corrected chi connectivity index (χ0v) is 13.9. The van der Waals surface area contributed by atoms with Crippen molar-refractivity contribution in [2.75, 3.05) is 13.2 Å². The molecule has 0 radical (unpaired) electrons. The van der Waals surface area contributed by atoms with Gasteiger partial charge in [-0.15, -0.1) is 0 Å². The minimum atomic E-state index is -3.31. The van der Waals surface area contributed by atoms with Gasteiger partial charge in [-0.05, 0) is 30.5 Å². The molecule has 2 aromatic carbocycles. The fraction of sp³-hybridized carbons (Fsp3) is 0.222. The van der Waals surface area contributed by atoms with Gasteiger partial charge in [0.05, 0.1) is 18.5 Å². The van der Waals surface area contributed by atoms with Gasteiger partial charge in [0.1, 0.15) is 0 Å². The van der Waals surface area contributed by atoms with Gasteiger partial charge in [0.15, 0.2) is 0 Å². The van der Waals surface area contributed by atoms with E-state index in [1.165, 1.54) is 0 Å². The van der Waals surface area contributed by atoms with Crippen LogP contribution in [0.2, 0.25) is 0 Å². The molecule has 0 aromatic heterocycles. The molecule has 0 heterocycles. The van der Waals surface area contributed by atoms with E-state index < -0.39 is 7.60 Å². The fourth-order valence-electron chi connectivity index (χ4n) is 2.18. The number of hydrogen-bond donors (Lipinski definition) is 0. The van der Waals surface area contributed by atoms with E-state index in [2.05, 4.69) is 18.7 Å². The summed E-state index contributed by atoms with van der Waals surface area (Å²) in [7, 11) is -3.31. The molecule has 4 heteroatoms. The predicted octanol–water partition coefficient (Wildman–Crippen LogP) is 5.59. The zero-order chi connectivity index (χ0) is 16.0. The highest BCUT2D eigenvalue weighted by Gasteiger charge is 2.28. The predicted molar refractivity (Wildman–Crippen MR) is 91.8 cm³/mol. The lowest BCUT2D eigenvalue weighted by Crippen LogP contribution is -1.98. The van der Waals surface area contributed by atoms with Crippen LogP contribution in [0, 0.1) is 0 Å². The molecule has 0 aliphatic heterocycles. The quantitative estimate of drug-likeness (QED) is 0.625. The zero-order valence-electron chi connectivity index (χ0n) is 13.0. The molecule has 0 N–H and O–H groups in total. The Balaban J connectivity index is 2.26. The van der Waals surface area contributed by atoms with Crippen LogP contribution in [-0.2, 0) is 13.6 Å². The van der Waals surface area contributed by atoms with Crippen molar-refractivity contribution >= 4 is 12.9 Å². The molecule has 0 aliphatic carbocycles. The second-order valence-corrected chi connectivity index (χ2v) is 6.77. The lowest BCUT2D eigenvalue weighted by Gasteiger charge is -2.19. The molecule has 0 unspecified atom stereocenters. The highest BCUT2D eigenvalue weighted by atomic mass is 31.2. The summed E-state index contributed by atoms with van der Waals surface area (Å²) in [5, 5.41) is 0.399. The van der Waals surface area contributed by atoms with Gasteiger partial charge in [-0.1, -0.05) is 61.2 Å². The Morgan fingerprint density at radius 3 is 1.91 bits per heavy atom. The standard InChI is InChI=1S/C18H21O3P/c1-4-20-22(19,21-5-2)15(3)16-11-13-18(14-12-16)17-9-7-6-8-10-17/h6-14H,3-5H2,1-2H3. The average Bonchev–Trinajstić information content (AvgIpc) is 2.55. The van der Waals surface area contributed by atoms with Gasteiger partial charge in [0.2, 0.25) is 0 Å². The van der Waals surface area contributed by atoms with Crippen LogP contribution in [0.1, 0.15) is 19.4 Å². The first-order valence-corrected chi connectivity index (χ1v) is 8.89.